The summed E-state index contributed by atoms with van der Waals surface area (Å²) in [6, 6.07) is 10.5. The van der Waals surface area contributed by atoms with Crippen LogP contribution in [0.3, 0.4) is 0 Å². The van der Waals surface area contributed by atoms with Crippen LogP contribution in [-0.4, -0.2) is 50.0 Å². The summed E-state index contributed by atoms with van der Waals surface area (Å²) < 4.78 is 29.9. The molecule has 39 heavy (non-hydrogen) atoms. The number of hydrogen-bond donors (Lipinski definition) is 5. The van der Waals surface area contributed by atoms with Gasteiger partial charge < -0.3 is 25.4 Å². The molecule has 0 radical (unpaired) electrons. The molecule has 9 heteroatoms. The monoisotopic (exact) mass is 564 g/mol. The van der Waals surface area contributed by atoms with E-state index in [1.807, 2.05) is 12.1 Å². The highest BCUT2D eigenvalue weighted by Crippen LogP contribution is 2.22. The molecule has 0 saturated heterocycles. The van der Waals surface area contributed by atoms with Gasteiger partial charge in [-0.25, -0.2) is 13.6 Å². The SMILES string of the molecule is CCCCCc1ccc(CCCCOCCCCCCNC[C@H](O)c2ccc(O)c(CO)c2)c(S(N)(=O)=O)c1. The number of sulfonamides is 1. The molecule has 0 aliphatic rings. The lowest BCUT2D eigenvalue weighted by Gasteiger charge is -2.14. The van der Waals surface area contributed by atoms with Gasteiger partial charge in [0.1, 0.15) is 5.75 Å². The zero-order valence-electron chi connectivity index (χ0n) is 23.4. The minimum Gasteiger partial charge on any atom is -0.508 e. The van der Waals surface area contributed by atoms with Gasteiger partial charge in [0.15, 0.2) is 0 Å². The number of primary sulfonamides is 1. The van der Waals surface area contributed by atoms with Crippen molar-refractivity contribution in [2.45, 2.75) is 95.2 Å². The zero-order chi connectivity index (χ0) is 28.5. The Labute approximate surface area is 234 Å². The van der Waals surface area contributed by atoms with E-state index in [2.05, 4.69) is 12.2 Å². The van der Waals surface area contributed by atoms with Crippen molar-refractivity contribution in [2.24, 2.45) is 5.14 Å². The van der Waals surface area contributed by atoms with E-state index in [1.165, 1.54) is 6.07 Å². The average Bonchev–Trinajstić information content (AvgIpc) is 2.91. The molecule has 0 spiro atoms. The van der Waals surface area contributed by atoms with E-state index < -0.39 is 16.1 Å². The predicted octanol–water partition coefficient (Wildman–Crippen LogP) is 4.49. The van der Waals surface area contributed by atoms with Gasteiger partial charge in [-0.05, 0) is 86.4 Å². The van der Waals surface area contributed by atoms with E-state index in [-0.39, 0.29) is 17.3 Å². The van der Waals surface area contributed by atoms with Crippen molar-refractivity contribution >= 4 is 10.0 Å². The maximum atomic E-state index is 12.1. The number of ether oxygens (including phenoxy) is 1. The van der Waals surface area contributed by atoms with E-state index in [4.69, 9.17) is 9.88 Å². The normalized spacial score (nSPS) is 12.6. The van der Waals surface area contributed by atoms with Crippen molar-refractivity contribution in [1.29, 1.82) is 0 Å². The van der Waals surface area contributed by atoms with Crippen LogP contribution in [0.1, 0.15) is 93.1 Å². The highest BCUT2D eigenvalue weighted by Gasteiger charge is 2.15. The Morgan fingerprint density at radius 3 is 2.33 bits per heavy atom. The lowest BCUT2D eigenvalue weighted by molar-refractivity contribution is 0.126. The second-order valence-electron chi connectivity index (χ2n) is 10.2. The summed E-state index contributed by atoms with van der Waals surface area (Å²) in [5.74, 6) is 0.0303. The predicted molar refractivity (Wildman–Crippen MR) is 155 cm³/mol. The third-order valence-electron chi connectivity index (χ3n) is 6.88. The molecule has 0 aliphatic carbocycles. The highest BCUT2D eigenvalue weighted by atomic mass is 32.2. The van der Waals surface area contributed by atoms with Crippen molar-refractivity contribution < 1.29 is 28.5 Å². The Bertz CT molecular complexity index is 1080. The first-order valence-electron chi connectivity index (χ1n) is 14.3. The van der Waals surface area contributed by atoms with Gasteiger partial charge in [-0.1, -0.05) is 50.8 Å². The Balaban J connectivity index is 1.52. The Hall–Kier alpha value is -2.01. The van der Waals surface area contributed by atoms with Crippen molar-refractivity contribution in [1.82, 2.24) is 5.32 Å². The zero-order valence-corrected chi connectivity index (χ0v) is 24.2. The molecule has 2 rings (SSSR count). The van der Waals surface area contributed by atoms with Crippen molar-refractivity contribution in [2.75, 3.05) is 26.3 Å². The van der Waals surface area contributed by atoms with Crippen LogP contribution in [0.4, 0.5) is 0 Å². The number of rotatable bonds is 21. The average molecular weight is 565 g/mol. The second kappa shape index (κ2) is 18.4. The summed E-state index contributed by atoms with van der Waals surface area (Å²) in [4.78, 5) is 0.262. The van der Waals surface area contributed by atoms with Gasteiger partial charge in [0.2, 0.25) is 10.0 Å². The second-order valence-corrected chi connectivity index (χ2v) is 11.7. The van der Waals surface area contributed by atoms with Crippen LogP contribution in [0.2, 0.25) is 0 Å². The molecular weight excluding hydrogens is 516 g/mol. The largest absolute Gasteiger partial charge is 0.508 e. The molecule has 8 nitrogen and oxygen atoms in total. The summed E-state index contributed by atoms with van der Waals surface area (Å²) in [5, 5.41) is 37.9. The summed E-state index contributed by atoms with van der Waals surface area (Å²) in [6.07, 6.45) is 10.0. The van der Waals surface area contributed by atoms with Crippen LogP contribution in [-0.2, 0) is 34.2 Å². The van der Waals surface area contributed by atoms with Gasteiger partial charge in [0.05, 0.1) is 17.6 Å². The number of aromatic hydroxyl groups is 1. The Kier molecular flexibility index (Phi) is 15.6. The third-order valence-corrected chi connectivity index (χ3v) is 7.87. The Morgan fingerprint density at radius 2 is 1.62 bits per heavy atom. The maximum Gasteiger partial charge on any atom is 0.238 e. The molecule has 0 heterocycles. The Morgan fingerprint density at radius 1 is 0.897 bits per heavy atom. The van der Waals surface area contributed by atoms with Gasteiger partial charge in [-0.15, -0.1) is 0 Å². The fraction of sp³-hybridized carbons (Fsp3) is 0.600. The number of aliphatic hydroxyl groups is 2. The fourth-order valence-corrected chi connectivity index (χ4v) is 5.38. The lowest BCUT2D eigenvalue weighted by Crippen LogP contribution is -2.22. The number of unbranched alkanes of at least 4 members (excludes halogenated alkanes) is 6. The summed E-state index contributed by atoms with van der Waals surface area (Å²) >= 11 is 0. The topological polar surface area (TPSA) is 142 Å². The van der Waals surface area contributed by atoms with E-state index in [0.29, 0.717) is 30.7 Å². The molecule has 0 unspecified atom stereocenters. The van der Waals surface area contributed by atoms with Gasteiger partial charge in [-0.2, -0.15) is 0 Å². The molecule has 220 valence electrons. The molecule has 0 saturated carbocycles. The van der Waals surface area contributed by atoms with Crippen LogP contribution >= 0.6 is 0 Å². The minimum absolute atomic E-state index is 0.0303. The number of phenols is 1. The highest BCUT2D eigenvalue weighted by molar-refractivity contribution is 7.89. The van der Waals surface area contributed by atoms with E-state index >= 15 is 0 Å². The number of nitrogens with two attached hydrogens (primary N) is 1. The molecule has 0 bridgehead atoms. The van der Waals surface area contributed by atoms with Crippen molar-refractivity contribution in [3.05, 3.63) is 58.7 Å². The van der Waals surface area contributed by atoms with Gasteiger partial charge in [0, 0.05) is 25.3 Å². The van der Waals surface area contributed by atoms with Crippen LogP contribution in [0.5, 0.6) is 5.75 Å². The van der Waals surface area contributed by atoms with Crippen molar-refractivity contribution in [3.8, 4) is 5.75 Å². The van der Waals surface area contributed by atoms with E-state index in [1.54, 1.807) is 18.2 Å². The van der Waals surface area contributed by atoms with Crippen LogP contribution in [0.15, 0.2) is 41.3 Å². The van der Waals surface area contributed by atoms with Crippen LogP contribution in [0.25, 0.3) is 0 Å². The minimum atomic E-state index is -3.74. The first kappa shape index (κ1) is 33.2. The summed E-state index contributed by atoms with van der Waals surface area (Å²) in [6.45, 7) is 4.49. The number of aryl methyl sites for hydroxylation is 2. The third kappa shape index (κ3) is 12.8. The standard InChI is InChI=1S/C30H48N2O6S/c1-2-3-6-11-24-13-14-25(30(20-24)39(31,36)37)12-7-10-19-38-18-9-5-4-8-17-32-22-29(35)26-15-16-28(34)27(21-26)23-33/h13-16,20-21,29,32-35H,2-12,17-19,22-23H2,1H3,(H2,31,36,37)/t29-/m0/s1. The summed E-state index contributed by atoms with van der Waals surface area (Å²) in [5.41, 5.74) is 2.89. The molecule has 2 aromatic carbocycles. The number of aliphatic hydroxyl groups excluding tert-OH is 2. The summed E-state index contributed by atoms with van der Waals surface area (Å²) in [7, 11) is -3.74. The smallest absolute Gasteiger partial charge is 0.238 e. The van der Waals surface area contributed by atoms with Crippen molar-refractivity contribution in [3.63, 3.8) is 0 Å². The van der Waals surface area contributed by atoms with E-state index in [0.717, 1.165) is 88.5 Å². The van der Waals surface area contributed by atoms with Gasteiger partial charge in [0.25, 0.3) is 0 Å². The molecule has 6 N–H and O–H groups in total. The molecule has 0 aromatic heterocycles. The number of benzene rings is 2. The molecule has 2 aromatic rings. The first-order valence-corrected chi connectivity index (χ1v) is 15.8. The van der Waals surface area contributed by atoms with E-state index in [9.17, 15) is 23.7 Å². The number of hydrogen-bond acceptors (Lipinski definition) is 7. The van der Waals surface area contributed by atoms with Gasteiger partial charge >= 0.3 is 0 Å². The maximum absolute atomic E-state index is 12.1. The quantitative estimate of drug-likeness (QED) is 0.141. The molecule has 0 aliphatic heterocycles. The first-order chi connectivity index (χ1) is 18.8. The van der Waals surface area contributed by atoms with Crippen LogP contribution < -0.4 is 10.5 Å². The molecular formula is C30H48N2O6S. The number of nitrogens with one attached hydrogen (secondary N) is 1. The molecule has 1 atom stereocenters. The van der Waals surface area contributed by atoms with Gasteiger partial charge in [-0.3, -0.25) is 0 Å². The fourth-order valence-electron chi connectivity index (χ4n) is 4.53. The van der Waals surface area contributed by atoms with Crippen LogP contribution in [0, 0.1) is 0 Å². The molecule has 0 amide bonds. The molecule has 0 fully saturated rings. The lowest BCUT2D eigenvalue weighted by atomic mass is 10.0.